The van der Waals surface area contributed by atoms with Crippen molar-refractivity contribution < 1.29 is 17.2 Å². The molecule has 0 amide bonds. The first kappa shape index (κ1) is 14.4. The fourth-order valence-electron chi connectivity index (χ4n) is 2.13. The molecule has 0 aromatic heterocycles. The highest BCUT2D eigenvalue weighted by Crippen LogP contribution is 2.24. The number of rotatable bonds is 2. The second-order valence-electron chi connectivity index (χ2n) is 4.70. The van der Waals surface area contributed by atoms with Crippen LogP contribution in [0.3, 0.4) is 0 Å². The lowest BCUT2D eigenvalue weighted by molar-refractivity contribution is 0.282. The molecule has 19 heavy (non-hydrogen) atoms. The number of nitrogens with zero attached hydrogens (tertiary/aromatic N) is 1. The van der Waals surface area contributed by atoms with Gasteiger partial charge in [0.1, 0.15) is 16.5 Å². The largest absolute Gasteiger partial charge is 0.314 e. The molecule has 0 aliphatic carbocycles. The van der Waals surface area contributed by atoms with Crippen LogP contribution in [0.2, 0.25) is 0 Å². The molecule has 1 aliphatic heterocycles. The van der Waals surface area contributed by atoms with Crippen LogP contribution in [0, 0.1) is 18.6 Å². The highest BCUT2D eigenvalue weighted by Gasteiger charge is 2.33. The van der Waals surface area contributed by atoms with E-state index in [1.54, 1.807) is 6.92 Å². The Hall–Kier alpha value is -1.05. The summed E-state index contributed by atoms with van der Waals surface area (Å²) in [7, 11) is -4.00. The van der Waals surface area contributed by atoms with E-state index < -0.39 is 26.6 Å². The lowest BCUT2D eigenvalue weighted by Crippen LogP contribution is -2.52. The van der Waals surface area contributed by atoms with Crippen molar-refractivity contribution in [1.29, 1.82) is 0 Å². The lowest BCUT2D eigenvalue weighted by atomic mass is 10.2. The minimum absolute atomic E-state index is 0.0878. The van der Waals surface area contributed by atoms with E-state index >= 15 is 0 Å². The molecule has 4 nitrogen and oxygen atoms in total. The summed E-state index contributed by atoms with van der Waals surface area (Å²) in [5.41, 5.74) is 0.0878. The van der Waals surface area contributed by atoms with Crippen LogP contribution in [-0.4, -0.2) is 38.4 Å². The predicted molar refractivity (Wildman–Crippen MR) is 67.3 cm³/mol. The van der Waals surface area contributed by atoms with E-state index in [0.29, 0.717) is 13.1 Å². The summed E-state index contributed by atoms with van der Waals surface area (Å²) in [6, 6.07) is 1.38. The normalized spacial score (nSPS) is 21.6. The van der Waals surface area contributed by atoms with Crippen molar-refractivity contribution in [2.24, 2.45) is 0 Å². The Morgan fingerprint density at radius 1 is 1.32 bits per heavy atom. The Morgan fingerprint density at radius 2 is 2.00 bits per heavy atom. The van der Waals surface area contributed by atoms with Crippen LogP contribution in [0.5, 0.6) is 0 Å². The molecule has 1 fully saturated rings. The van der Waals surface area contributed by atoms with Gasteiger partial charge in [-0.2, -0.15) is 4.31 Å². The number of aryl methyl sites for hydroxylation is 1. The van der Waals surface area contributed by atoms with E-state index in [4.69, 9.17) is 0 Å². The zero-order valence-corrected chi connectivity index (χ0v) is 11.6. The third kappa shape index (κ3) is 2.63. The highest BCUT2D eigenvalue weighted by molar-refractivity contribution is 7.89. The number of nitrogens with one attached hydrogen (secondary N) is 1. The van der Waals surface area contributed by atoms with Gasteiger partial charge in [0.15, 0.2) is 0 Å². The van der Waals surface area contributed by atoms with Gasteiger partial charge in [0.05, 0.1) is 0 Å². The molecule has 0 unspecified atom stereocenters. The Kier molecular flexibility index (Phi) is 3.89. The van der Waals surface area contributed by atoms with Crippen LogP contribution in [-0.2, 0) is 10.0 Å². The molecule has 7 heteroatoms. The van der Waals surface area contributed by atoms with Gasteiger partial charge in [0.2, 0.25) is 10.0 Å². The molecule has 106 valence electrons. The van der Waals surface area contributed by atoms with Gasteiger partial charge in [-0.15, -0.1) is 0 Å². The summed E-state index contributed by atoms with van der Waals surface area (Å²) in [5, 5.41) is 3.05. The number of sulfonamides is 1. The van der Waals surface area contributed by atoms with Crippen molar-refractivity contribution in [3.63, 3.8) is 0 Å². The van der Waals surface area contributed by atoms with Crippen LogP contribution < -0.4 is 5.32 Å². The van der Waals surface area contributed by atoms with Crippen molar-refractivity contribution in [2.45, 2.75) is 24.8 Å². The smallest absolute Gasteiger partial charge is 0.246 e. The van der Waals surface area contributed by atoms with E-state index in [0.717, 1.165) is 12.1 Å². The topological polar surface area (TPSA) is 49.4 Å². The Balaban J connectivity index is 2.47. The molecular formula is C12H16F2N2O2S. The van der Waals surface area contributed by atoms with Gasteiger partial charge < -0.3 is 5.32 Å². The molecule has 1 atom stereocenters. The summed E-state index contributed by atoms with van der Waals surface area (Å²) >= 11 is 0. The summed E-state index contributed by atoms with van der Waals surface area (Å²) in [6.45, 7) is 4.36. The molecule has 1 aromatic rings. The molecule has 1 heterocycles. The van der Waals surface area contributed by atoms with Crippen LogP contribution in [0.4, 0.5) is 8.78 Å². The summed E-state index contributed by atoms with van der Waals surface area (Å²) in [4.78, 5) is -0.593. The van der Waals surface area contributed by atoms with Crippen molar-refractivity contribution in [2.75, 3.05) is 19.6 Å². The van der Waals surface area contributed by atoms with Crippen molar-refractivity contribution in [1.82, 2.24) is 9.62 Å². The molecule has 0 spiro atoms. The standard InChI is InChI=1S/C12H16F2N2O2S/c1-8-5-11(14)12(6-10(8)13)19(17,18)16-4-3-15-7-9(16)2/h5-6,9,15H,3-4,7H2,1-2H3/t9-/m1/s1. The number of hydrogen-bond acceptors (Lipinski definition) is 3. The zero-order chi connectivity index (χ0) is 14.2. The van der Waals surface area contributed by atoms with Gasteiger partial charge in [-0.1, -0.05) is 0 Å². The maximum atomic E-state index is 13.8. The van der Waals surface area contributed by atoms with Crippen LogP contribution in [0.1, 0.15) is 12.5 Å². The highest BCUT2D eigenvalue weighted by atomic mass is 32.2. The van der Waals surface area contributed by atoms with Gasteiger partial charge in [-0.3, -0.25) is 0 Å². The lowest BCUT2D eigenvalue weighted by Gasteiger charge is -2.32. The van der Waals surface area contributed by atoms with E-state index in [1.807, 2.05) is 0 Å². The van der Waals surface area contributed by atoms with Gasteiger partial charge in [-0.05, 0) is 31.5 Å². The quantitative estimate of drug-likeness (QED) is 0.892. The first-order chi connectivity index (χ1) is 8.84. The molecule has 1 N–H and O–H groups in total. The van der Waals surface area contributed by atoms with Crippen LogP contribution in [0.15, 0.2) is 17.0 Å². The van der Waals surface area contributed by atoms with Gasteiger partial charge in [-0.25, -0.2) is 17.2 Å². The molecule has 0 bridgehead atoms. The van der Waals surface area contributed by atoms with Crippen LogP contribution >= 0.6 is 0 Å². The summed E-state index contributed by atoms with van der Waals surface area (Å²) in [6.07, 6.45) is 0. The molecule has 0 radical (unpaired) electrons. The zero-order valence-electron chi connectivity index (χ0n) is 10.8. The molecule has 0 saturated carbocycles. The molecule has 1 aromatic carbocycles. The van der Waals surface area contributed by atoms with E-state index in [2.05, 4.69) is 5.32 Å². The number of halogens is 2. The SMILES string of the molecule is Cc1cc(F)c(S(=O)(=O)N2CCNC[C@H]2C)cc1F. The van der Waals surface area contributed by atoms with E-state index in [-0.39, 0.29) is 18.2 Å². The molecule has 1 aliphatic rings. The third-order valence-corrected chi connectivity index (χ3v) is 5.27. The second kappa shape index (κ2) is 5.15. The minimum Gasteiger partial charge on any atom is -0.314 e. The average Bonchev–Trinajstić information content (AvgIpc) is 2.34. The fraction of sp³-hybridized carbons (Fsp3) is 0.500. The second-order valence-corrected chi connectivity index (χ2v) is 6.56. The fourth-order valence-corrected chi connectivity index (χ4v) is 3.82. The first-order valence-corrected chi connectivity index (χ1v) is 7.46. The maximum absolute atomic E-state index is 13.8. The van der Waals surface area contributed by atoms with Gasteiger partial charge in [0, 0.05) is 25.7 Å². The van der Waals surface area contributed by atoms with Crippen LogP contribution in [0.25, 0.3) is 0 Å². The van der Waals surface area contributed by atoms with Gasteiger partial charge in [0.25, 0.3) is 0 Å². The number of hydrogen-bond donors (Lipinski definition) is 1. The van der Waals surface area contributed by atoms with E-state index in [9.17, 15) is 17.2 Å². The third-order valence-electron chi connectivity index (χ3n) is 3.24. The number of piperazine rings is 1. The van der Waals surface area contributed by atoms with Crippen molar-refractivity contribution in [3.8, 4) is 0 Å². The van der Waals surface area contributed by atoms with Crippen molar-refractivity contribution >= 4 is 10.0 Å². The van der Waals surface area contributed by atoms with Gasteiger partial charge >= 0.3 is 0 Å². The summed E-state index contributed by atoms with van der Waals surface area (Å²) in [5.74, 6) is -1.63. The summed E-state index contributed by atoms with van der Waals surface area (Å²) < 4.78 is 53.3. The molecular weight excluding hydrogens is 274 g/mol. The minimum atomic E-state index is -4.00. The number of benzene rings is 1. The van der Waals surface area contributed by atoms with Crippen molar-refractivity contribution in [3.05, 3.63) is 29.3 Å². The Morgan fingerprint density at radius 3 is 2.63 bits per heavy atom. The predicted octanol–water partition coefficient (Wildman–Crippen LogP) is 1.26. The monoisotopic (exact) mass is 290 g/mol. The molecule has 1 saturated heterocycles. The average molecular weight is 290 g/mol. The Bertz CT molecular complexity index is 590. The Labute approximate surface area is 111 Å². The molecule has 2 rings (SSSR count). The van der Waals surface area contributed by atoms with E-state index in [1.165, 1.54) is 11.2 Å². The first-order valence-electron chi connectivity index (χ1n) is 6.02. The maximum Gasteiger partial charge on any atom is 0.246 e.